The largest absolute Gasteiger partial charge is 0.459 e. The molecule has 0 spiro atoms. The van der Waals surface area contributed by atoms with E-state index in [9.17, 15) is 4.79 Å². The Morgan fingerprint density at radius 3 is 2.92 bits per heavy atom. The lowest BCUT2D eigenvalue weighted by Gasteiger charge is -2.16. The maximum atomic E-state index is 12.3. The second-order valence-corrected chi connectivity index (χ2v) is 6.66. The Bertz CT molecular complexity index is 908. The number of hydrogen-bond donors (Lipinski definition) is 1. The van der Waals surface area contributed by atoms with Crippen LogP contribution in [0, 0.1) is 6.92 Å². The van der Waals surface area contributed by atoms with Gasteiger partial charge in [0.15, 0.2) is 0 Å². The standard InChI is InChI=1S/C19H21N3O3/c1-12-15-5-3-4-6-16(15)24-18(12)10-20-19(23)22(2)11-14-9-17(25-21-14)13-7-8-13/h3-6,9,13H,7-8,10-11H2,1-2H3,(H,20,23). The Morgan fingerprint density at radius 1 is 1.36 bits per heavy atom. The van der Waals surface area contributed by atoms with Crippen LogP contribution >= 0.6 is 0 Å². The monoisotopic (exact) mass is 339 g/mol. The number of aromatic nitrogens is 1. The summed E-state index contributed by atoms with van der Waals surface area (Å²) in [5, 5.41) is 8.02. The molecule has 2 heterocycles. The highest BCUT2D eigenvalue weighted by molar-refractivity contribution is 5.82. The van der Waals surface area contributed by atoms with Gasteiger partial charge in [0.1, 0.15) is 22.8 Å². The number of fused-ring (bicyclic) bond motifs is 1. The van der Waals surface area contributed by atoms with Gasteiger partial charge in [-0.2, -0.15) is 0 Å². The summed E-state index contributed by atoms with van der Waals surface area (Å²) < 4.78 is 11.1. The van der Waals surface area contributed by atoms with Gasteiger partial charge in [0.05, 0.1) is 13.1 Å². The summed E-state index contributed by atoms with van der Waals surface area (Å²) in [5.74, 6) is 2.23. The first-order chi connectivity index (χ1) is 12.1. The molecule has 0 saturated heterocycles. The predicted octanol–water partition coefficient (Wildman–Crippen LogP) is 3.95. The number of urea groups is 1. The van der Waals surface area contributed by atoms with Crippen LogP contribution in [-0.4, -0.2) is 23.1 Å². The zero-order chi connectivity index (χ0) is 17.4. The number of furan rings is 1. The molecule has 1 aromatic carbocycles. The van der Waals surface area contributed by atoms with E-state index in [4.69, 9.17) is 8.94 Å². The Kier molecular flexibility index (Phi) is 3.95. The minimum absolute atomic E-state index is 0.171. The lowest BCUT2D eigenvalue weighted by molar-refractivity contribution is 0.204. The Balaban J connectivity index is 1.36. The Morgan fingerprint density at radius 2 is 2.16 bits per heavy atom. The summed E-state index contributed by atoms with van der Waals surface area (Å²) in [6.07, 6.45) is 2.34. The second-order valence-electron chi connectivity index (χ2n) is 6.66. The molecule has 4 rings (SSSR count). The van der Waals surface area contributed by atoms with Crippen LogP contribution in [0.5, 0.6) is 0 Å². The van der Waals surface area contributed by atoms with Gasteiger partial charge in [0, 0.05) is 30.0 Å². The topological polar surface area (TPSA) is 71.5 Å². The van der Waals surface area contributed by atoms with Gasteiger partial charge in [0.25, 0.3) is 0 Å². The molecule has 6 heteroatoms. The number of carbonyl (C=O) groups excluding carboxylic acids is 1. The van der Waals surface area contributed by atoms with E-state index < -0.39 is 0 Å². The van der Waals surface area contributed by atoms with E-state index >= 15 is 0 Å². The van der Waals surface area contributed by atoms with Gasteiger partial charge in [-0.3, -0.25) is 0 Å². The fourth-order valence-corrected chi connectivity index (χ4v) is 2.96. The van der Waals surface area contributed by atoms with E-state index in [0.29, 0.717) is 19.0 Å². The van der Waals surface area contributed by atoms with Crippen LogP contribution in [0.1, 0.15) is 41.5 Å². The van der Waals surface area contributed by atoms with Gasteiger partial charge in [-0.15, -0.1) is 0 Å². The van der Waals surface area contributed by atoms with Crippen LogP contribution < -0.4 is 5.32 Å². The van der Waals surface area contributed by atoms with Crippen molar-refractivity contribution in [3.8, 4) is 0 Å². The first-order valence-corrected chi connectivity index (χ1v) is 8.53. The molecule has 130 valence electrons. The predicted molar refractivity (Wildman–Crippen MR) is 93.1 cm³/mol. The van der Waals surface area contributed by atoms with Crippen molar-refractivity contribution < 1.29 is 13.7 Å². The third kappa shape index (κ3) is 3.24. The lowest BCUT2D eigenvalue weighted by Crippen LogP contribution is -2.36. The maximum Gasteiger partial charge on any atom is 0.317 e. The highest BCUT2D eigenvalue weighted by atomic mass is 16.5. The molecule has 25 heavy (non-hydrogen) atoms. The average molecular weight is 339 g/mol. The molecular formula is C19H21N3O3. The third-order valence-electron chi connectivity index (χ3n) is 4.65. The molecule has 1 aliphatic carbocycles. The van der Waals surface area contributed by atoms with Crippen LogP contribution in [0.3, 0.4) is 0 Å². The fraction of sp³-hybridized carbons (Fsp3) is 0.368. The number of aryl methyl sites for hydroxylation is 1. The first-order valence-electron chi connectivity index (χ1n) is 8.53. The number of nitrogens with one attached hydrogen (secondary N) is 1. The first kappa shape index (κ1) is 15.7. The van der Waals surface area contributed by atoms with Crippen molar-refractivity contribution in [2.45, 2.75) is 38.8 Å². The Labute approximate surface area is 145 Å². The zero-order valence-electron chi connectivity index (χ0n) is 14.4. The summed E-state index contributed by atoms with van der Waals surface area (Å²) in [7, 11) is 1.74. The summed E-state index contributed by atoms with van der Waals surface area (Å²) in [6.45, 7) is 2.78. The average Bonchev–Trinajstić information content (AvgIpc) is 3.29. The van der Waals surface area contributed by atoms with Crippen molar-refractivity contribution in [1.82, 2.24) is 15.4 Å². The number of hydrogen-bond acceptors (Lipinski definition) is 4. The van der Waals surface area contributed by atoms with Crippen molar-refractivity contribution in [3.05, 3.63) is 53.1 Å². The fourth-order valence-electron chi connectivity index (χ4n) is 2.96. The van der Waals surface area contributed by atoms with Crippen molar-refractivity contribution in [2.75, 3.05) is 7.05 Å². The molecule has 2 aromatic heterocycles. The molecule has 1 fully saturated rings. The maximum absolute atomic E-state index is 12.3. The number of benzene rings is 1. The minimum atomic E-state index is -0.171. The van der Waals surface area contributed by atoms with E-state index in [0.717, 1.165) is 33.7 Å². The molecule has 0 atom stereocenters. The molecule has 0 unspecified atom stereocenters. The second kappa shape index (κ2) is 6.27. The molecule has 1 N–H and O–H groups in total. The van der Waals surface area contributed by atoms with Crippen LogP contribution in [0.25, 0.3) is 11.0 Å². The van der Waals surface area contributed by atoms with Crippen molar-refractivity contribution in [2.24, 2.45) is 0 Å². The molecule has 2 amide bonds. The van der Waals surface area contributed by atoms with E-state index in [1.807, 2.05) is 37.3 Å². The number of para-hydroxylation sites is 1. The van der Waals surface area contributed by atoms with Gasteiger partial charge in [0.2, 0.25) is 0 Å². The molecule has 1 aliphatic rings. The summed E-state index contributed by atoms with van der Waals surface area (Å²) in [5.41, 5.74) is 2.68. The molecule has 0 aliphatic heterocycles. The third-order valence-corrected chi connectivity index (χ3v) is 4.65. The van der Waals surface area contributed by atoms with Crippen LogP contribution in [0.4, 0.5) is 4.79 Å². The molecule has 0 bridgehead atoms. The normalized spacial score (nSPS) is 14.0. The van der Waals surface area contributed by atoms with Gasteiger partial charge in [-0.05, 0) is 25.8 Å². The summed E-state index contributed by atoms with van der Waals surface area (Å²) >= 11 is 0. The van der Waals surface area contributed by atoms with Crippen molar-refractivity contribution in [3.63, 3.8) is 0 Å². The van der Waals surface area contributed by atoms with E-state index in [2.05, 4.69) is 10.5 Å². The van der Waals surface area contributed by atoms with Crippen molar-refractivity contribution in [1.29, 1.82) is 0 Å². The Hall–Kier alpha value is -2.76. The number of rotatable bonds is 5. The number of carbonyl (C=O) groups is 1. The molecule has 6 nitrogen and oxygen atoms in total. The van der Waals surface area contributed by atoms with Gasteiger partial charge in [-0.1, -0.05) is 23.4 Å². The molecular weight excluding hydrogens is 318 g/mol. The van der Waals surface area contributed by atoms with Gasteiger partial charge >= 0.3 is 6.03 Å². The molecule has 1 saturated carbocycles. The quantitative estimate of drug-likeness (QED) is 0.764. The highest BCUT2D eigenvalue weighted by Gasteiger charge is 2.28. The van der Waals surface area contributed by atoms with Crippen molar-refractivity contribution >= 4 is 17.0 Å². The SMILES string of the molecule is Cc1c(CNC(=O)N(C)Cc2cc(C3CC3)on2)oc2ccccc12. The number of amides is 2. The minimum Gasteiger partial charge on any atom is -0.459 e. The van der Waals surface area contributed by atoms with Crippen LogP contribution in [0.15, 0.2) is 39.3 Å². The van der Waals surface area contributed by atoms with Gasteiger partial charge < -0.3 is 19.2 Å². The number of nitrogens with zero attached hydrogens (tertiary/aromatic N) is 2. The molecule has 0 radical (unpaired) electrons. The molecule has 3 aromatic rings. The lowest BCUT2D eigenvalue weighted by atomic mass is 10.1. The van der Waals surface area contributed by atoms with E-state index in [1.165, 1.54) is 12.8 Å². The van der Waals surface area contributed by atoms with Crippen LogP contribution in [0.2, 0.25) is 0 Å². The van der Waals surface area contributed by atoms with Gasteiger partial charge in [-0.25, -0.2) is 4.79 Å². The highest BCUT2D eigenvalue weighted by Crippen LogP contribution is 2.40. The summed E-state index contributed by atoms with van der Waals surface area (Å²) in [6, 6.07) is 9.65. The van der Waals surface area contributed by atoms with E-state index in [-0.39, 0.29) is 6.03 Å². The smallest absolute Gasteiger partial charge is 0.317 e. The zero-order valence-corrected chi connectivity index (χ0v) is 14.4. The summed E-state index contributed by atoms with van der Waals surface area (Å²) in [4.78, 5) is 13.9. The van der Waals surface area contributed by atoms with Crippen LogP contribution in [-0.2, 0) is 13.1 Å². The van der Waals surface area contributed by atoms with E-state index in [1.54, 1.807) is 11.9 Å².